The molecule has 0 fully saturated rings. The number of anilines is 1. The number of ether oxygens (including phenoxy) is 3. The van der Waals surface area contributed by atoms with Crippen molar-refractivity contribution in [3.05, 3.63) is 48.0 Å². The van der Waals surface area contributed by atoms with Gasteiger partial charge in [-0.2, -0.15) is 0 Å². The van der Waals surface area contributed by atoms with Gasteiger partial charge in [0.05, 0.1) is 26.9 Å². The third-order valence-corrected chi connectivity index (χ3v) is 3.88. The summed E-state index contributed by atoms with van der Waals surface area (Å²) in [6.07, 6.45) is 0. The lowest BCUT2D eigenvalue weighted by molar-refractivity contribution is 0.0951. The lowest BCUT2D eigenvalue weighted by atomic mass is 10.1. The van der Waals surface area contributed by atoms with Gasteiger partial charge in [-0.25, -0.2) is 0 Å². The molecule has 0 aliphatic rings. The Labute approximate surface area is 148 Å². The number of benzene rings is 2. The number of carbonyl (C=O) groups is 1. The molecule has 2 aromatic rings. The van der Waals surface area contributed by atoms with Gasteiger partial charge in [0.15, 0.2) is 11.5 Å². The minimum absolute atomic E-state index is 0.223. The van der Waals surface area contributed by atoms with Crippen LogP contribution in [0.4, 0.5) is 5.69 Å². The van der Waals surface area contributed by atoms with Crippen molar-refractivity contribution in [1.82, 2.24) is 5.32 Å². The zero-order chi connectivity index (χ0) is 18.2. The van der Waals surface area contributed by atoms with Crippen molar-refractivity contribution in [1.29, 1.82) is 0 Å². The van der Waals surface area contributed by atoms with Crippen LogP contribution in [0, 0.1) is 0 Å². The van der Waals surface area contributed by atoms with Crippen LogP contribution in [0.5, 0.6) is 17.2 Å². The summed E-state index contributed by atoms with van der Waals surface area (Å²) in [6, 6.07) is 13.3. The van der Waals surface area contributed by atoms with Gasteiger partial charge >= 0.3 is 0 Å². The van der Waals surface area contributed by atoms with Crippen LogP contribution in [-0.2, 0) is 0 Å². The van der Waals surface area contributed by atoms with Gasteiger partial charge in [-0.3, -0.25) is 4.79 Å². The quantitative estimate of drug-likeness (QED) is 0.798. The van der Waals surface area contributed by atoms with Crippen LogP contribution < -0.4 is 24.4 Å². The highest BCUT2D eigenvalue weighted by Gasteiger charge is 2.17. The molecule has 1 amide bonds. The predicted molar refractivity (Wildman–Crippen MR) is 98.1 cm³/mol. The fourth-order valence-electron chi connectivity index (χ4n) is 2.45. The molecule has 0 saturated heterocycles. The minimum atomic E-state index is -0.223. The first-order chi connectivity index (χ1) is 12.1. The normalized spacial score (nSPS) is 10.1. The Kier molecular flexibility index (Phi) is 6.51. The molecule has 0 unspecified atom stereocenters. The number of methoxy groups -OCH3 is 3. The second kappa shape index (κ2) is 8.82. The SMILES string of the molecule is COc1cc(OC)c(C(=O)NCCN(C)c2ccccc2)cc1OC. The Morgan fingerprint density at radius 2 is 1.56 bits per heavy atom. The van der Waals surface area contributed by atoms with E-state index in [0.717, 1.165) is 5.69 Å². The van der Waals surface area contributed by atoms with E-state index in [1.165, 1.54) is 21.3 Å². The lowest BCUT2D eigenvalue weighted by Crippen LogP contribution is -2.33. The molecule has 0 bridgehead atoms. The summed E-state index contributed by atoms with van der Waals surface area (Å²) in [6.45, 7) is 1.19. The summed E-state index contributed by atoms with van der Waals surface area (Å²) < 4.78 is 15.8. The van der Waals surface area contributed by atoms with Gasteiger partial charge in [-0.1, -0.05) is 18.2 Å². The molecule has 2 rings (SSSR count). The van der Waals surface area contributed by atoms with Crippen LogP contribution in [0.15, 0.2) is 42.5 Å². The van der Waals surface area contributed by atoms with E-state index >= 15 is 0 Å². The van der Waals surface area contributed by atoms with Crippen molar-refractivity contribution < 1.29 is 19.0 Å². The number of likely N-dealkylation sites (N-methyl/N-ethyl adjacent to an activating group) is 1. The molecule has 134 valence electrons. The van der Waals surface area contributed by atoms with Gasteiger partial charge in [0, 0.05) is 38.0 Å². The summed E-state index contributed by atoms with van der Waals surface area (Å²) in [4.78, 5) is 14.6. The number of amides is 1. The molecular weight excluding hydrogens is 320 g/mol. The van der Waals surface area contributed by atoms with Crippen LogP contribution in [-0.4, -0.2) is 47.4 Å². The van der Waals surface area contributed by atoms with Crippen molar-refractivity contribution in [2.24, 2.45) is 0 Å². The second-order valence-electron chi connectivity index (χ2n) is 5.42. The minimum Gasteiger partial charge on any atom is -0.496 e. The number of hydrogen-bond donors (Lipinski definition) is 1. The molecule has 2 aromatic carbocycles. The number of hydrogen-bond acceptors (Lipinski definition) is 5. The summed E-state index contributed by atoms with van der Waals surface area (Å²) >= 11 is 0. The van der Waals surface area contributed by atoms with Crippen molar-refractivity contribution in [2.45, 2.75) is 0 Å². The van der Waals surface area contributed by atoms with Crippen LogP contribution >= 0.6 is 0 Å². The third kappa shape index (κ3) is 4.56. The van der Waals surface area contributed by atoms with Crippen LogP contribution in [0.3, 0.4) is 0 Å². The highest BCUT2D eigenvalue weighted by molar-refractivity contribution is 5.97. The molecule has 25 heavy (non-hydrogen) atoms. The molecular formula is C19H24N2O4. The first-order valence-corrected chi connectivity index (χ1v) is 7.95. The van der Waals surface area contributed by atoms with Crippen molar-refractivity contribution in [2.75, 3.05) is 46.4 Å². The predicted octanol–water partition coefficient (Wildman–Crippen LogP) is 2.58. The van der Waals surface area contributed by atoms with Crippen molar-refractivity contribution in [3.63, 3.8) is 0 Å². The fraction of sp³-hybridized carbons (Fsp3) is 0.316. The van der Waals surface area contributed by atoms with E-state index in [2.05, 4.69) is 10.2 Å². The van der Waals surface area contributed by atoms with E-state index in [9.17, 15) is 4.79 Å². The molecule has 0 aromatic heterocycles. The van der Waals surface area contributed by atoms with Crippen molar-refractivity contribution in [3.8, 4) is 17.2 Å². The number of carbonyl (C=O) groups excluding carboxylic acids is 1. The van der Waals surface area contributed by atoms with Crippen LogP contribution in [0.2, 0.25) is 0 Å². The maximum absolute atomic E-state index is 12.5. The monoisotopic (exact) mass is 344 g/mol. The van der Waals surface area contributed by atoms with Gasteiger partial charge in [0.1, 0.15) is 5.75 Å². The third-order valence-electron chi connectivity index (χ3n) is 3.88. The average molecular weight is 344 g/mol. The van der Waals surface area contributed by atoms with Gasteiger partial charge in [0.2, 0.25) is 0 Å². The first kappa shape index (κ1) is 18.4. The van der Waals surface area contributed by atoms with E-state index in [1.807, 2.05) is 37.4 Å². The fourth-order valence-corrected chi connectivity index (χ4v) is 2.45. The maximum atomic E-state index is 12.5. The Bertz CT molecular complexity index is 704. The first-order valence-electron chi connectivity index (χ1n) is 7.95. The molecule has 0 aliphatic heterocycles. The Hall–Kier alpha value is -2.89. The highest BCUT2D eigenvalue weighted by Crippen LogP contribution is 2.34. The topological polar surface area (TPSA) is 60.0 Å². The van der Waals surface area contributed by atoms with E-state index < -0.39 is 0 Å². The zero-order valence-corrected chi connectivity index (χ0v) is 15.0. The Morgan fingerprint density at radius 1 is 0.960 bits per heavy atom. The molecule has 6 nitrogen and oxygen atoms in total. The smallest absolute Gasteiger partial charge is 0.255 e. The molecule has 0 radical (unpaired) electrons. The van der Waals surface area contributed by atoms with Gasteiger partial charge in [-0.05, 0) is 12.1 Å². The molecule has 0 aliphatic carbocycles. The largest absolute Gasteiger partial charge is 0.496 e. The number of nitrogens with one attached hydrogen (secondary N) is 1. The number of para-hydroxylation sites is 1. The van der Waals surface area contributed by atoms with Crippen LogP contribution in [0.25, 0.3) is 0 Å². The molecule has 6 heteroatoms. The zero-order valence-electron chi connectivity index (χ0n) is 15.0. The Balaban J connectivity index is 2.03. The standard InChI is InChI=1S/C19H24N2O4/c1-21(14-8-6-5-7-9-14)11-10-20-19(22)15-12-17(24-3)18(25-4)13-16(15)23-2/h5-9,12-13H,10-11H2,1-4H3,(H,20,22). The number of rotatable bonds is 8. The molecule has 0 heterocycles. The lowest BCUT2D eigenvalue weighted by Gasteiger charge is -2.19. The summed E-state index contributed by atoms with van der Waals surface area (Å²) in [5.74, 6) is 1.21. The van der Waals surface area contributed by atoms with Crippen LogP contribution in [0.1, 0.15) is 10.4 Å². The maximum Gasteiger partial charge on any atom is 0.255 e. The molecule has 0 atom stereocenters. The summed E-state index contributed by atoms with van der Waals surface area (Å²) in [5, 5.41) is 2.91. The summed E-state index contributed by atoms with van der Waals surface area (Å²) in [7, 11) is 6.57. The molecule has 0 saturated carbocycles. The van der Waals surface area contributed by atoms with Gasteiger partial charge in [-0.15, -0.1) is 0 Å². The van der Waals surface area contributed by atoms with Gasteiger partial charge in [0.25, 0.3) is 5.91 Å². The summed E-state index contributed by atoms with van der Waals surface area (Å²) in [5.41, 5.74) is 1.50. The van der Waals surface area contributed by atoms with E-state index in [-0.39, 0.29) is 5.91 Å². The average Bonchev–Trinajstić information content (AvgIpc) is 2.67. The van der Waals surface area contributed by atoms with Crippen molar-refractivity contribution >= 4 is 11.6 Å². The van der Waals surface area contributed by atoms with E-state index in [4.69, 9.17) is 14.2 Å². The molecule has 1 N–H and O–H groups in total. The highest BCUT2D eigenvalue weighted by atomic mass is 16.5. The second-order valence-corrected chi connectivity index (χ2v) is 5.42. The van der Waals surface area contributed by atoms with Gasteiger partial charge < -0.3 is 24.4 Å². The van der Waals surface area contributed by atoms with E-state index in [1.54, 1.807) is 12.1 Å². The number of nitrogens with zero attached hydrogens (tertiary/aromatic N) is 1. The van der Waals surface area contributed by atoms with E-state index in [0.29, 0.717) is 35.9 Å². The molecule has 0 spiro atoms. The Morgan fingerprint density at radius 3 is 2.16 bits per heavy atom.